The monoisotopic (exact) mass is 350 g/mol. The Bertz CT molecular complexity index is 632. The van der Waals surface area contributed by atoms with Crippen molar-refractivity contribution in [3.8, 4) is 0 Å². The molecule has 0 saturated heterocycles. The van der Waals surface area contributed by atoms with E-state index in [-0.39, 0.29) is 5.84 Å². The molecule has 0 aliphatic heterocycles. The molecule has 2 rings (SSSR count). The Morgan fingerprint density at radius 1 is 1.33 bits per heavy atom. The zero-order valence-electron chi connectivity index (χ0n) is 12.0. The van der Waals surface area contributed by atoms with Gasteiger partial charge >= 0.3 is 0 Å². The van der Waals surface area contributed by atoms with Gasteiger partial charge in [0.05, 0.1) is 12.4 Å². The first kappa shape index (κ1) is 15.7. The number of pyridine rings is 1. The van der Waals surface area contributed by atoms with Crippen molar-refractivity contribution in [2.24, 2.45) is 5.73 Å². The van der Waals surface area contributed by atoms with Crippen LogP contribution < -0.4 is 10.6 Å². The molecular weight excluding hydrogens is 332 g/mol. The minimum Gasteiger partial charge on any atom is -0.388 e. The number of nitrogens with two attached hydrogens (primary N) is 1. The Balaban J connectivity index is 2.38. The van der Waals surface area contributed by atoms with Crippen LogP contribution in [0.15, 0.2) is 34.9 Å². The van der Waals surface area contributed by atoms with Crippen molar-refractivity contribution < 1.29 is 4.74 Å². The molecular formula is C15H19BrN4O. The Kier molecular flexibility index (Phi) is 5.52. The fourth-order valence-electron chi connectivity index (χ4n) is 2.19. The van der Waals surface area contributed by atoms with Gasteiger partial charge in [-0.3, -0.25) is 5.41 Å². The van der Waals surface area contributed by atoms with Gasteiger partial charge in [-0.1, -0.05) is 28.1 Å². The van der Waals surface area contributed by atoms with Crippen LogP contribution >= 0.6 is 15.9 Å². The van der Waals surface area contributed by atoms with Gasteiger partial charge in [-0.05, 0) is 12.1 Å². The van der Waals surface area contributed by atoms with Crippen LogP contribution in [0, 0.1) is 5.41 Å². The van der Waals surface area contributed by atoms with Gasteiger partial charge in [0.2, 0.25) is 0 Å². The molecule has 21 heavy (non-hydrogen) atoms. The van der Waals surface area contributed by atoms with Gasteiger partial charge in [-0.25, -0.2) is 4.98 Å². The summed E-state index contributed by atoms with van der Waals surface area (Å²) >= 11 is 3.57. The number of anilines is 1. The van der Waals surface area contributed by atoms with E-state index in [0.29, 0.717) is 26.1 Å². The van der Waals surface area contributed by atoms with Crippen molar-refractivity contribution in [1.82, 2.24) is 4.98 Å². The highest BCUT2D eigenvalue weighted by atomic mass is 79.9. The third kappa shape index (κ3) is 3.92. The number of ether oxygens (including phenoxy) is 1. The van der Waals surface area contributed by atoms with Crippen molar-refractivity contribution >= 4 is 38.4 Å². The maximum Gasteiger partial charge on any atom is 0.136 e. The average molecular weight is 351 g/mol. The molecule has 0 spiro atoms. The van der Waals surface area contributed by atoms with E-state index >= 15 is 0 Å². The number of hydrogen-bond donors (Lipinski definition) is 2. The molecule has 6 heteroatoms. The lowest BCUT2D eigenvalue weighted by atomic mass is 10.1. The molecule has 0 bridgehead atoms. The first-order valence-electron chi connectivity index (χ1n) is 6.73. The second kappa shape index (κ2) is 7.38. The quantitative estimate of drug-likeness (QED) is 0.594. The normalized spacial score (nSPS) is 10.8. The van der Waals surface area contributed by atoms with E-state index < -0.39 is 0 Å². The highest BCUT2D eigenvalue weighted by Gasteiger charge is 2.12. The number of fused-ring (bicyclic) bond motifs is 1. The van der Waals surface area contributed by atoms with Gasteiger partial charge in [0.25, 0.3) is 0 Å². The Morgan fingerprint density at radius 3 is 2.86 bits per heavy atom. The second-order valence-electron chi connectivity index (χ2n) is 4.72. The van der Waals surface area contributed by atoms with E-state index in [2.05, 4.69) is 31.9 Å². The lowest BCUT2D eigenvalue weighted by Crippen LogP contribution is -2.31. The highest BCUT2D eigenvalue weighted by Crippen LogP contribution is 2.29. The largest absolute Gasteiger partial charge is 0.388 e. The van der Waals surface area contributed by atoms with E-state index in [4.69, 9.17) is 15.9 Å². The molecule has 112 valence electrons. The van der Waals surface area contributed by atoms with Gasteiger partial charge in [0, 0.05) is 48.1 Å². The maximum absolute atomic E-state index is 7.42. The van der Waals surface area contributed by atoms with E-state index in [1.54, 1.807) is 13.3 Å². The maximum atomic E-state index is 7.42. The third-order valence-electron chi connectivity index (χ3n) is 3.25. The predicted molar refractivity (Wildman–Crippen MR) is 90.1 cm³/mol. The molecule has 3 N–H and O–H groups in total. The van der Waals surface area contributed by atoms with Crippen LogP contribution in [0.5, 0.6) is 0 Å². The Hall–Kier alpha value is -1.66. The molecule has 1 aromatic heterocycles. The zero-order valence-corrected chi connectivity index (χ0v) is 13.6. The second-order valence-corrected chi connectivity index (χ2v) is 5.58. The van der Waals surface area contributed by atoms with Crippen molar-refractivity contribution in [2.75, 3.05) is 31.7 Å². The molecule has 0 saturated carbocycles. The van der Waals surface area contributed by atoms with Crippen molar-refractivity contribution in [3.63, 3.8) is 0 Å². The lowest BCUT2D eigenvalue weighted by Gasteiger charge is -2.24. The molecule has 1 aromatic carbocycles. The summed E-state index contributed by atoms with van der Waals surface area (Å²) in [4.78, 5) is 6.63. The summed E-state index contributed by atoms with van der Waals surface area (Å²) in [5.74, 6) is 1.07. The summed E-state index contributed by atoms with van der Waals surface area (Å²) in [6.07, 6.45) is 2.31. The number of amidine groups is 1. The fourth-order valence-corrected chi connectivity index (χ4v) is 2.68. The van der Waals surface area contributed by atoms with Crippen LogP contribution in [0.4, 0.5) is 5.82 Å². The summed E-state index contributed by atoms with van der Waals surface area (Å²) in [6.45, 7) is 1.96. The van der Waals surface area contributed by atoms with Crippen LogP contribution in [0.3, 0.4) is 0 Å². The topological polar surface area (TPSA) is 75.2 Å². The summed E-state index contributed by atoms with van der Waals surface area (Å²) < 4.78 is 6.22. The van der Waals surface area contributed by atoms with E-state index in [0.717, 1.165) is 21.1 Å². The first-order chi connectivity index (χ1) is 10.1. The van der Waals surface area contributed by atoms with Crippen LogP contribution in [0.2, 0.25) is 0 Å². The summed E-state index contributed by atoms with van der Waals surface area (Å²) in [6, 6.07) is 8.05. The molecule has 0 fully saturated rings. The smallest absolute Gasteiger partial charge is 0.136 e. The number of nitrogens with zero attached hydrogens (tertiary/aromatic N) is 2. The van der Waals surface area contributed by atoms with Gasteiger partial charge in [0.15, 0.2) is 0 Å². The number of methoxy groups -OCH3 is 1. The minimum absolute atomic E-state index is 0.179. The van der Waals surface area contributed by atoms with Gasteiger partial charge in [-0.15, -0.1) is 0 Å². The first-order valence-corrected chi connectivity index (χ1v) is 7.53. The Labute approximate surface area is 132 Å². The molecule has 0 unspecified atom stereocenters. The molecule has 0 atom stereocenters. The van der Waals surface area contributed by atoms with Gasteiger partial charge in [-0.2, -0.15) is 0 Å². The van der Waals surface area contributed by atoms with E-state index in [1.807, 2.05) is 18.2 Å². The number of halogens is 1. The van der Waals surface area contributed by atoms with Crippen molar-refractivity contribution in [3.05, 3.63) is 34.9 Å². The van der Waals surface area contributed by atoms with Crippen molar-refractivity contribution in [1.29, 1.82) is 5.41 Å². The van der Waals surface area contributed by atoms with E-state index in [1.165, 1.54) is 0 Å². The van der Waals surface area contributed by atoms with Crippen molar-refractivity contribution in [2.45, 2.75) is 6.42 Å². The number of nitrogens with one attached hydrogen (secondary N) is 1. The number of hydrogen-bond acceptors (Lipinski definition) is 4. The van der Waals surface area contributed by atoms with Crippen LogP contribution in [0.25, 0.3) is 10.8 Å². The molecule has 0 radical (unpaired) electrons. The van der Waals surface area contributed by atoms with E-state index in [9.17, 15) is 0 Å². The van der Waals surface area contributed by atoms with Crippen LogP contribution in [-0.2, 0) is 4.74 Å². The molecule has 1 heterocycles. The number of rotatable bonds is 7. The zero-order chi connectivity index (χ0) is 15.2. The highest BCUT2D eigenvalue weighted by molar-refractivity contribution is 9.10. The standard InChI is InChI=1S/C15H19BrN4O/c1-21-10-9-20(8-6-14(17)18)15-12-3-2-4-13(16)11(12)5-7-19-15/h2-5,7H,6,8-10H2,1H3,(H3,17,18). The lowest BCUT2D eigenvalue weighted by molar-refractivity contribution is 0.205. The molecule has 2 aromatic rings. The van der Waals surface area contributed by atoms with Crippen LogP contribution in [0.1, 0.15) is 6.42 Å². The predicted octanol–water partition coefficient (Wildman–Crippen LogP) is 2.78. The molecule has 5 nitrogen and oxygen atoms in total. The summed E-state index contributed by atoms with van der Waals surface area (Å²) in [7, 11) is 1.68. The fraction of sp³-hybridized carbons (Fsp3) is 0.333. The molecule has 0 aliphatic carbocycles. The summed E-state index contributed by atoms with van der Waals surface area (Å²) in [5.41, 5.74) is 5.48. The molecule has 0 amide bonds. The SMILES string of the molecule is COCCN(CCC(=N)N)c1nccc2c(Br)cccc12. The van der Waals surface area contributed by atoms with Gasteiger partial charge < -0.3 is 15.4 Å². The summed E-state index contributed by atoms with van der Waals surface area (Å²) in [5, 5.41) is 9.61. The minimum atomic E-state index is 0.179. The number of benzene rings is 1. The average Bonchev–Trinajstić information content (AvgIpc) is 2.47. The molecule has 0 aliphatic rings. The Morgan fingerprint density at radius 2 is 2.14 bits per heavy atom. The third-order valence-corrected chi connectivity index (χ3v) is 3.94. The number of aromatic nitrogens is 1. The van der Waals surface area contributed by atoms with Gasteiger partial charge in [0.1, 0.15) is 5.82 Å². The van der Waals surface area contributed by atoms with Crippen LogP contribution in [-0.4, -0.2) is 37.6 Å².